The standard InChI is InChI=1S/C16H20O5/c1-3-9-21-15(18)10-14(16(19)20-4-2)13-7-5-12(11-17)6-8-13/h5-8,10-11,16,19H,3-4,9H2,1-2H3/b14-10-. The van der Waals surface area contributed by atoms with E-state index in [0.29, 0.717) is 29.9 Å². The molecule has 0 aliphatic heterocycles. The Hall–Kier alpha value is -1.98. The smallest absolute Gasteiger partial charge is 0.331 e. The largest absolute Gasteiger partial charge is 0.463 e. The third kappa shape index (κ3) is 5.49. The summed E-state index contributed by atoms with van der Waals surface area (Å²) in [5, 5.41) is 10.00. The fourth-order valence-corrected chi connectivity index (χ4v) is 1.67. The number of carbonyl (C=O) groups excluding carboxylic acids is 2. The number of benzene rings is 1. The highest BCUT2D eigenvalue weighted by atomic mass is 16.6. The number of esters is 1. The van der Waals surface area contributed by atoms with Crippen molar-refractivity contribution < 1.29 is 24.2 Å². The molecule has 0 saturated heterocycles. The molecule has 1 rings (SSSR count). The average Bonchev–Trinajstić information content (AvgIpc) is 2.51. The summed E-state index contributed by atoms with van der Waals surface area (Å²) in [5.74, 6) is -0.537. The fourth-order valence-electron chi connectivity index (χ4n) is 1.67. The molecule has 5 nitrogen and oxygen atoms in total. The van der Waals surface area contributed by atoms with Crippen molar-refractivity contribution in [3.63, 3.8) is 0 Å². The SMILES string of the molecule is CCCOC(=O)/C=C(/c1ccc(C=O)cc1)C(O)OCC. The van der Waals surface area contributed by atoms with Crippen LogP contribution in [0.5, 0.6) is 0 Å². The van der Waals surface area contributed by atoms with Crippen LogP contribution in [0.3, 0.4) is 0 Å². The first-order valence-corrected chi connectivity index (χ1v) is 6.86. The zero-order valence-electron chi connectivity index (χ0n) is 12.2. The summed E-state index contributed by atoms with van der Waals surface area (Å²) >= 11 is 0. The molecule has 0 spiro atoms. The number of hydrogen-bond acceptors (Lipinski definition) is 5. The fraction of sp³-hybridized carbons (Fsp3) is 0.375. The van der Waals surface area contributed by atoms with Gasteiger partial charge in [0.25, 0.3) is 0 Å². The number of aliphatic hydroxyl groups excluding tert-OH is 1. The first-order chi connectivity index (χ1) is 10.1. The maximum atomic E-state index is 11.7. The molecule has 21 heavy (non-hydrogen) atoms. The Bertz CT molecular complexity index is 490. The van der Waals surface area contributed by atoms with Crippen LogP contribution in [-0.4, -0.2) is 36.9 Å². The normalized spacial score (nSPS) is 12.8. The lowest BCUT2D eigenvalue weighted by Crippen LogP contribution is -2.16. The van der Waals surface area contributed by atoms with Crippen molar-refractivity contribution in [3.05, 3.63) is 41.5 Å². The molecule has 0 radical (unpaired) electrons. The molecule has 0 amide bonds. The third-order valence-corrected chi connectivity index (χ3v) is 2.69. The monoisotopic (exact) mass is 292 g/mol. The van der Waals surface area contributed by atoms with Crippen molar-refractivity contribution in [3.8, 4) is 0 Å². The van der Waals surface area contributed by atoms with Crippen molar-refractivity contribution in [2.45, 2.75) is 26.6 Å². The second-order valence-electron chi connectivity index (χ2n) is 4.31. The van der Waals surface area contributed by atoms with Gasteiger partial charge in [0, 0.05) is 23.8 Å². The maximum Gasteiger partial charge on any atom is 0.331 e. The van der Waals surface area contributed by atoms with Crippen LogP contribution in [0.4, 0.5) is 0 Å². The average molecular weight is 292 g/mol. The molecule has 0 bridgehead atoms. The molecule has 0 aliphatic rings. The molecule has 1 aromatic carbocycles. The zero-order chi connectivity index (χ0) is 15.7. The summed E-state index contributed by atoms with van der Waals surface area (Å²) in [4.78, 5) is 22.4. The van der Waals surface area contributed by atoms with Crippen LogP contribution >= 0.6 is 0 Å². The van der Waals surface area contributed by atoms with E-state index in [1.807, 2.05) is 6.92 Å². The lowest BCUT2D eigenvalue weighted by Gasteiger charge is -2.15. The molecule has 1 aromatic rings. The van der Waals surface area contributed by atoms with Crippen LogP contribution < -0.4 is 0 Å². The number of aldehydes is 1. The molecule has 0 saturated carbocycles. The summed E-state index contributed by atoms with van der Waals surface area (Å²) in [6.07, 6.45) is 1.43. The number of carbonyl (C=O) groups is 2. The van der Waals surface area contributed by atoms with Gasteiger partial charge in [-0.2, -0.15) is 0 Å². The molecule has 1 unspecified atom stereocenters. The minimum absolute atomic E-state index is 0.301. The van der Waals surface area contributed by atoms with E-state index in [1.165, 1.54) is 6.08 Å². The number of aliphatic hydroxyl groups is 1. The summed E-state index contributed by atoms with van der Waals surface area (Å²) in [6.45, 7) is 4.25. The van der Waals surface area contributed by atoms with Gasteiger partial charge in [0.2, 0.25) is 0 Å². The number of rotatable bonds is 8. The van der Waals surface area contributed by atoms with E-state index < -0.39 is 12.3 Å². The van der Waals surface area contributed by atoms with Crippen LogP contribution in [0.1, 0.15) is 36.2 Å². The molecule has 0 aromatic heterocycles. The number of ether oxygens (including phenoxy) is 2. The molecule has 0 fully saturated rings. The zero-order valence-corrected chi connectivity index (χ0v) is 12.2. The van der Waals surface area contributed by atoms with Crippen LogP contribution in [0.2, 0.25) is 0 Å². The Morgan fingerprint density at radius 1 is 1.29 bits per heavy atom. The quantitative estimate of drug-likeness (QED) is 0.344. The van der Waals surface area contributed by atoms with Crippen molar-refractivity contribution in [1.82, 2.24) is 0 Å². The lowest BCUT2D eigenvalue weighted by molar-refractivity contribution is -0.137. The van der Waals surface area contributed by atoms with E-state index in [1.54, 1.807) is 31.2 Å². The van der Waals surface area contributed by atoms with Gasteiger partial charge >= 0.3 is 5.97 Å². The van der Waals surface area contributed by atoms with Crippen LogP contribution in [0.15, 0.2) is 30.3 Å². The molecule has 5 heteroatoms. The van der Waals surface area contributed by atoms with Gasteiger partial charge in [-0.15, -0.1) is 0 Å². The van der Waals surface area contributed by atoms with Gasteiger partial charge in [-0.05, 0) is 18.9 Å². The van der Waals surface area contributed by atoms with Crippen molar-refractivity contribution >= 4 is 17.8 Å². The van der Waals surface area contributed by atoms with Crippen molar-refractivity contribution in [2.24, 2.45) is 0 Å². The van der Waals surface area contributed by atoms with Crippen LogP contribution in [-0.2, 0) is 14.3 Å². The van der Waals surface area contributed by atoms with E-state index in [-0.39, 0.29) is 0 Å². The summed E-state index contributed by atoms with van der Waals surface area (Å²) in [5.41, 5.74) is 1.41. The van der Waals surface area contributed by atoms with Gasteiger partial charge in [-0.25, -0.2) is 4.79 Å². The highest BCUT2D eigenvalue weighted by Gasteiger charge is 2.15. The Balaban J connectivity index is 3.02. The Morgan fingerprint density at radius 2 is 1.95 bits per heavy atom. The van der Waals surface area contributed by atoms with Crippen LogP contribution in [0, 0.1) is 0 Å². The van der Waals surface area contributed by atoms with E-state index >= 15 is 0 Å². The second kappa shape index (κ2) is 9.05. The Labute approximate surface area is 124 Å². The topological polar surface area (TPSA) is 72.8 Å². The van der Waals surface area contributed by atoms with Gasteiger partial charge in [0.05, 0.1) is 6.61 Å². The molecule has 1 atom stereocenters. The summed E-state index contributed by atoms with van der Waals surface area (Å²) in [6, 6.07) is 6.49. The van der Waals surface area contributed by atoms with E-state index in [9.17, 15) is 14.7 Å². The van der Waals surface area contributed by atoms with Crippen LogP contribution in [0.25, 0.3) is 5.57 Å². The van der Waals surface area contributed by atoms with Gasteiger partial charge < -0.3 is 14.6 Å². The van der Waals surface area contributed by atoms with E-state index in [4.69, 9.17) is 9.47 Å². The van der Waals surface area contributed by atoms with Crippen molar-refractivity contribution in [2.75, 3.05) is 13.2 Å². The molecular formula is C16H20O5. The minimum atomic E-state index is -1.23. The van der Waals surface area contributed by atoms with Crippen molar-refractivity contribution in [1.29, 1.82) is 0 Å². The Morgan fingerprint density at radius 3 is 2.48 bits per heavy atom. The second-order valence-corrected chi connectivity index (χ2v) is 4.31. The minimum Gasteiger partial charge on any atom is -0.463 e. The summed E-state index contributed by atoms with van der Waals surface area (Å²) in [7, 11) is 0. The lowest BCUT2D eigenvalue weighted by atomic mass is 10.0. The summed E-state index contributed by atoms with van der Waals surface area (Å²) < 4.78 is 10.1. The maximum absolute atomic E-state index is 11.7. The highest BCUT2D eigenvalue weighted by molar-refractivity contribution is 5.92. The van der Waals surface area contributed by atoms with E-state index in [0.717, 1.165) is 12.7 Å². The molecule has 1 N–H and O–H groups in total. The third-order valence-electron chi connectivity index (χ3n) is 2.69. The molecular weight excluding hydrogens is 272 g/mol. The van der Waals surface area contributed by atoms with Gasteiger partial charge in [0.15, 0.2) is 6.29 Å². The molecule has 0 heterocycles. The number of hydrogen-bond donors (Lipinski definition) is 1. The van der Waals surface area contributed by atoms with Gasteiger partial charge in [-0.1, -0.05) is 31.2 Å². The molecule has 0 aliphatic carbocycles. The predicted molar refractivity (Wildman–Crippen MR) is 78.7 cm³/mol. The molecule has 114 valence electrons. The first kappa shape index (κ1) is 17.1. The predicted octanol–water partition coefficient (Wildman–Crippen LogP) is 2.19. The highest BCUT2D eigenvalue weighted by Crippen LogP contribution is 2.20. The Kier molecular flexibility index (Phi) is 7.36. The van der Waals surface area contributed by atoms with Gasteiger partial charge in [-0.3, -0.25) is 4.79 Å². The van der Waals surface area contributed by atoms with Gasteiger partial charge in [0.1, 0.15) is 6.29 Å². The van der Waals surface area contributed by atoms with E-state index in [2.05, 4.69) is 0 Å². The first-order valence-electron chi connectivity index (χ1n) is 6.86.